The van der Waals surface area contributed by atoms with Crippen molar-refractivity contribution >= 4 is 17.5 Å². The Kier molecular flexibility index (Phi) is 4.55. The molecule has 172 valence electrons. The lowest BCUT2D eigenvalue weighted by molar-refractivity contribution is -0.156. The van der Waals surface area contributed by atoms with E-state index in [1.54, 1.807) is 12.2 Å². The Labute approximate surface area is 187 Å². The van der Waals surface area contributed by atoms with Crippen molar-refractivity contribution in [2.45, 2.75) is 64.2 Å². The van der Waals surface area contributed by atoms with Crippen molar-refractivity contribution in [3.8, 4) is 0 Å². The van der Waals surface area contributed by atoms with Gasteiger partial charge < -0.3 is 19.9 Å². The molecule has 4 aliphatic carbocycles. The zero-order valence-corrected chi connectivity index (χ0v) is 18.8. The highest BCUT2D eigenvalue weighted by Crippen LogP contribution is 2.68. The minimum Gasteiger partial charge on any atom is -0.473 e. The molecule has 3 saturated carbocycles. The van der Waals surface area contributed by atoms with E-state index in [0.29, 0.717) is 18.7 Å². The van der Waals surface area contributed by atoms with Gasteiger partial charge in [-0.15, -0.1) is 0 Å². The highest BCUT2D eigenvalue weighted by molar-refractivity contribution is 6.01. The number of ether oxygens (including phenoxy) is 2. The van der Waals surface area contributed by atoms with E-state index in [4.69, 9.17) is 9.47 Å². The van der Waals surface area contributed by atoms with Gasteiger partial charge in [0.2, 0.25) is 0 Å². The molecule has 7 nitrogen and oxygen atoms in total. The van der Waals surface area contributed by atoms with Gasteiger partial charge in [0.05, 0.1) is 6.10 Å². The maximum absolute atomic E-state index is 13.6. The molecule has 5 aliphatic rings. The summed E-state index contributed by atoms with van der Waals surface area (Å²) in [5.74, 6) is -0.126. The van der Waals surface area contributed by atoms with Crippen LogP contribution in [0.25, 0.3) is 0 Å². The molecular weight excluding hydrogens is 410 g/mol. The van der Waals surface area contributed by atoms with Gasteiger partial charge in [-0.25, -0.2) is 0 Å². The molecule has 5 rings (SSSR count). The molecule has 8 atom stereocenters. The van der Waals surface area contributed by atoms with E-state index in [9.17, 15) is 19.5 Å². The maximum atomic E-state index is 13.6. The number of nitrogens with one attached hydrogen (secondary N) is 1. The van der Waals surface area contributed by atoms with E-state index in [1.165, 1.54) is 6.92 Å². The van der Waals surface area contributed by atoms with Crippen LogP contribution in [0.3, 0.4) is 0 Å². The fourth-order valence-electron chi connectivity index (χ4n) is 7.97. The van der Waals surface area contributed by atoms with Gasteiger partial charge in [0.25, 0.3) is 0 Å². The zero-order chi connectivity index (χ0) is 23.1. The number of rotatable bonds is 3. The molecule has 2 N–H and O–H groups in total. The SMILES string of the molecule is C=C1N[C@]2(C(=O)COC(C)=O)[C@@H](C[C@H]3[C@@H]4CCC5=CC(=O)C=C[C@]5(C)[C@H]4[C@@H](O)C[C@@]32C)O1. The van der Waals surface area contributed by atoms with Crippen LogP contribution in [0.15, 0.2) is 36.3 Å². The molecule has 0 aromatic heterocycles. The van der Waals surface area contributed by atoms with Crippen molar-refractivity contribution in [1.29, 1.82) is 0 Å². The Balaban J connectivity index is 1.55. The highest BCUT2D eigenvalue weighted by atomic mass is 16.5. The van der Waals surface area contributed by atoms with Crippen molar-refractivity contribution in [3.63, 3.8) is 0 Å². The largest absolute Gasteiger partial charge is 0.473 e. The maximum Gasteiger partial charge on any atom is 0.303 e. The number of carbonyl (C=O) groups excluding carboxylic acids is 3. The second kappa shape index (κ2) is 6.80. The molecule has 7 heteroatoms. The van der Waals surface area contributed by atoms with Gasteiger partial charge in [-0.2, -0.15) is 0 Å². The van der Waals surface area contributed by atoms with E-state index < -0.39 is 29.1 Å². The molecule has 0 aromatic rings. The van der Waals surface area contributed by atoms with Gasteiger partial charge in [0.1, 0.15) is 11.6 Å². The van der Waals surface area contributed by atoms with Crippen LogP contribution in [0, 0.1) is 28.6 Å². The fraction of sp³-hybridized carbons (Fsp3) is 0.640. The number of fused-ring (bicyclic) bond motifs is 7. The van der Waals surface area contributed by atoms with E-state index in [0.717, 1.165) is 18.4 Å². The molecule has 1 saturated heterocycles. The molecule has 1 aliphatic heterocycles. The Morgan fingerprint density at radius 3 is 2.84 bits per heavy atom. The zero-order valence-electron chi connectivity index (χ0n) is 18.8. The number of allylic oxidation sites excluding steroid dienone is 4. The summed E-state index contributed by atoms with van der Waals surface area (Å²) in [6, 6.07) is 0. The van der Waals surface area contributed by atoms with Crippen molar-refractivity contribution in [2.75, 3.05) is 6.61 Å². The Bertz CT molecular complexity index is 983. The van der Waals surface area contributed by atoms with Gasteiger partial charge in [-0.3, -0.25) is 14.4 Å². The lowest BCUT2D eigenvalue weighted by Gasteiger charge is -2.59. The normalized spacial score (nSPS) is 46.1. The summed E-state index contributed by atoms with van der Waals surface area (Å²) in [4.78, 5) is 36.9. The van der Waals surface area contributed by atoms with Gasteiger partial charge in [-0.05, 0) is 56.3 Å². The Morgan fingerprint density at radius 2 is 2.12 bits per heavy atom. The second-order valence-corrected chi connectivity index (χ2v) is 10.6. The fourth-order valence-corrected chi connectivity index (χ4v) is 7.97. The average Bonchev–Trinajstić information content (AvgIpc) is 3.17. The summed E-state index contributed by atoms with van der Waals surface area (Å²) in [5.41, 5.74) is -0.968. The smallest absolute Gasteiger partial charge is 0.303 e. The second-order valence-electron chi connectivity index (χ2n) is 10.6. The number of aliphatic hydroxyl groups excluding tert-OH is 1. The first-order valence-electron chi connectivity index (χ1n) is 11.5. The van der Waals surface area contributed by atoms with Crippen LogP contribution in [-0.2, 0) is 23.9 Å². The van der Waals surface area contributed by atoms with Crippen LogP contribution >= 0.6 is 0 Å². The monoisotopic (exact) mass is 441 g/mol. The molecule has 0 radical (unpaired) electrons. The number of Topliss-reactive ketones (excluding diaryl/α,β-unsaturated/α-hetero) is 1. The first kappa shape index (κ1) is 21.4. The van der Waals surface area contributed by atoms with Crippen LogP contribution in [0.5, 0.6) is 0 Å². The van der Waals surface area contributed by atoms with Gasteiger partial charge >= 0.3 is 5.97 Å². The average molecular weight is 442 g/mol. The number of ketones is 2. The van der Waals surface area contributed by atoms with Crippen molar-refractivity contribution in [3.05, 3.63) is 36.3 Å². The molecule has 0 aromatic carbocycles. The summed E-state index contributed by atoms with van der Waals surface area (Å²) in [5, 5.41) is 14.8. The number of esters is 1. The van der Waals surface area contributed by atoms with E-state index in [1.807, 2.05) is 6.08 Å². The first-order chi connectivity index (χ1) is 15.0. The summed E-state index contributed by atoms with van der Waals surface area (Å²) >= 11 is 0. The summed E-state index contributed by atoms with van der Waals surface area (Å²) in [6.45, 7) is 9.03. The van der Waals surface area contributed by atoms with E-state index in [2.05, 4.69) is 25.7 Å². The Hall–Kier alpha value is -2.41. The minimum atomic E-state index is -1.09. The third-order valence-electron chi connectivity index (χ3n) is 9.21. The molecule has 0 unspecified atom stereocenters. The number of hydrogen-bond donors (Lipinski definition) is 2. The van der Waals surface area contributed by atoms with Crippen molar-refractivity contribution in [2.24, 2.45) is 28.6 Å². The molecule has 0 amide bonds. The molecular formula is C25H31NO6. The molecule has 32 heavy (non-hydrogen) atoms. The predicted molar refractivity (Wildman–Crippen MR) is 115 cm³/mol. The van der Waals surface area contributed by atoms with Crippen LogP contribution < -0.4 is 5.32 Å². The standard InChI is InChI=1S/C25H31NO6/c1-13-26-25(20(30)12-31-14(2)27)21(32-13)10-18-17-6-5-15-9-16(28)7-8-23(15,3)22(17)19(29)11-24(18,25)4/h7-9,17-19,21-22,26,29H,1,5-6,10-12H2,2-4H3/t17-,18-,19-,21+,22+,23-,24-,25+/m0/s1. The quantitative estimate of drug-likeness (QED) is 0.648. The third kappa shape index (κ3) is 2.60. The molecule has 1 heterocycles. The van der Waals surface area contributed by atoms with Crippen molar-refractivity contribution in [1.82, 2.24) is 5.32 Å². The highest BCUT2D eigenvalue weighted by Gasteiger charge is 2.74. The molecule has 0 spiro atoms. The van der Waals surface area contributed by atoms with Gasteiger partial charge in [0.15, 0.2) is 24.1 Å². The van der Waals surface area contributed by atoms with E-state index in [-0.39, 0.29) is 41.3 Å². The third-order valence-corrected chi connectivity index (χ3v) is 9.21. The topological polar surface area (TPSA) is 102 Å². The van der Waals surface area contributed by atoms with Gasteiger partial charge in [-0.1, -0.05) is 25.5 Å². The number of hydrogen-bond acceptors (Lipinski definition) is 7. The van der Waals surface area contributed by atoms with Crippen LogP contribution in [0.4, 0.5) is 0 Å². The molecule has 4 fully saturated rings. The summed E-state index contributed by atoms with van der Waals surface area (Å²) < 4.78 is 11.1. The predicted octanol–water partition coefficient (Wildman–Crippen LogP) is 2.21. The van der Waals surface area contributed by atoms with Gasteiger partial charge in [0, 0.05) is 23.7 Å². The van der Waals surface area contributed by atoms with E-state index >= 15 is 0 Å². The lowest BCUT2D eigenvalue weighted by Crippen LogP contribution is -2.67. The lowest BCUT2D eigenvalue weighted by atomic mass is 9.46. The van der Waals surface area contributed by atoms with Crippen molar-refractivity contribution < 1.29 is 29.0 Å². The Morgan fingerprint density at radius 1 is 1.38 bits per heavy atom. The first-order valence-corrected chi connectivity index (χ1v) is 11.5. The minimum absolute atomic E-state index is 0.00703. The summed E-state index contributed by atoms with van der Waals surface area (Å²) in [6.07, 6.45) is 6.98. The van der Waals surface area contributed by atoms with Crippen LogP contribution in [-0.4, -0.2) is 47.0 Å². The number of carbonyl (C=O) groups is 3. The molecule has 0 bridgehead atoms. The number of aliphatic hydroxyl groups is 1. The summed E-state index contributed by atoms with van der Waals surface area (Å²) in [7, 11) is 0. The van der Waals surface area contributed by atoms with Crippen LogP contribution in [0.1, 0.15) is 46.5 Å². The van der Waals surface area contributed by atoms with Crippen LogP contribution in [0.2, 0.25) is 0 Å².